The van der Waals surface area contributed by atoms with Gasteiger partial charge in [-0.25, -0.2) is 19.2 Å². The number of aliphatic hydroxyl groups excluding tert-OH is 2. The zero-order valence-electron chi connectivity index (χ0n) is 38.4. The molecule has 0 aliphatic heterocycles. The van der Waals surface area contributed by atoms with Gasteiger partial charge in [0.1, 0.15) is 41.2 Å². The number of hydrogen-bond acceptors (Lipinski definition) is 14. The summed E-state index contributed by atoms with van der Waals surface area (Å²) < 4.78 is 30.6. The molecule has 0 aromatic heterocycles. The quantitative estimate of drug-likeness (QED) is 0.102. The molecule has 0 heterocycles. The van der Waals surface area contributed by atoms with E-state index in [0.29, 0.717) is 12.0 Å². The molecule has 11 atom stereocenters. The van der Waals surface area contributed by atoms with Gasteiger partial charge in [0.2, 0.25) is 0 Å². The SMILES string of the molecule is CC(=O)O[C@@]12CC[C@@H]1C[C@H](OC(=O)c1ccccc1)[C@@]1(C)C(=O)[C@H](O)C3=C(C)[C@@H](OC(=O)[C@H](O)[C@@H](NC(=O)OC(C)(C)C)c4ccccc4)C[C@@](O)([C@@H](OC(=O)c4ccccc4)C12)C3(C)C. The predicted octanol–water partition coefficient (Wildman–Crippen LogP) is 6.14. The van der Waals surface area contributed by atoms with E-state index in [1.165, 1.54) is 32.9 Å². The van der Waals surface area contributed by atoms with E-state index in [1.54, 1.807) is 113 Å². The molecule has 15 heteroatoms. The smallest absolute Gasteiger partial charge is 0.408 e. The molecule has 0 saturated heterocycles. The van der Waals surface area contributed by atoms with Crippen LogP contribution in [0, 0.1) is 22.7 Å². The zero-order chi connectivity index (χ0) is 48.1. The minimum Gasteiger partial charge on any atom is -0.458 e. The first-order chi connectivity index (χ1) is 31.0. The van der Waals surface area contributed by atoms with Gasteiger partial charge in [-0.15, -0.1) is 0 Å². The standard InChI is InChI=1S/C51H59NO14/c1-28-34(62-45(59)39(55)37(30-18-12-9-13-19-30)52-46(60)66-47(3,4)5)27-51(61)42(64-44(58)32-22-16-11-17-23-32)40-49(8,41(56)38(54)36(28)48(51,6)7)35(63-43(57)31-20-14-10-15-21-31)26-33-24-25-50(33,40)65-29(2)53/h9-23,33-35,37-40,42,54-55,61H,24-27H2,1-8H3,(H,52,60)/t33-,34+,35+,37+,38-,39-,40?,42+,49-,50+,51-/m1/s1. The molecule has 4 aliphatic carbocycles. The second kappa shape index (κ2) is 17.7. The number of hydrogen-bond donors (Lipinski definition) is 4. The maximum atomic E-state index is 15.7. The molecular weight excluding hydrogens is 851 g/mol. The lowest BCUT2D eigenvalue weighted by Gasteiger charge is -2.68. The maximum Gasteiger partial charge on any atom is 0.408 e. The molecule has 2 bridgehead atoms. The first-order valence-corrected chi connectivity index (χ1v) is 22.3. The second-order valence-corrected chi connectivity index (χ2v) is 19.8. The van der Waals surface area contributed by atoms with Crippen LogP contribution in [0.4, 0.5) is 4.79 Å². The van der Waals surface area contributed by atoms with Crippen LogP contribution >= 0.6 is 0 Å². The van der Waals surface area contributed by atoms with Gasteiger partial charge in [-0.3, -0.25) is 9.59 Å². The van der Waals surface area contributed by atoms with E-state index in [4.69, 9.17) is 23.7 Å². The fraction of sp³-hybridized carbons (Fsp3) is 0.490. The van der Waals surface area contributed by atoms with Crippen molar-refractivity contribution in [3.63, 3.8) is 0 Å². The number of benzene rings is 3. The lowest BCUT2D eigenvalue weighted by molar-refractivity contribution is -0.296. The van der Waals surface area contributed by atoms with Crippen LogP contribution in [-0.2, 0) is 38.1 Å². The van der Waals surface area contributed by atoms with Crippen molar-refractivity contribution in [3.8, 4) is 0 Å². The Hall–Kier alpha value is -5.90. The molecule has 352 valence electrons. The van der Waals surface area contributed by atoms with Crippen LogP contribution in [0.5, 0.6) is 0 Å². The lowest BCUT2D eigenvalue weighted by atomic mass is 9.41. The summed E-state index contributed by atoms with van der Waals surface area (Å²) in [6.07, 6.45) is -9.52. The highest BCUT2D eigenvalue weighted by Gasteiger charge is 2.77. The molecule has 1 unspecified atom stereocenters. The third kappa shape index (κ3) is 8.41. The normalized spacial score (nSPS) is 30.9. The van der Waals surface area contributed by atoms with Gasteiger partial charge in [-0.1, -0.05) is 80.6 Å². The zero-order valence-corrected chi connectivity index (χ0v) is 38.4. The monoisotopic (exact) mass is 909 g/mol. The van der Waals surface area contributed by atoms with Gasteiger partial charge >= 0.3 is 30.0 Å². The number of alkyl carbamates (subject to hydrolysis) is 1. The molecule has 15 nitrogen and oxygen atoms in total. The summed E-state index contributed by atoms with van der Waals surface area (Å²) in [6.45, 7) is 12.3. The number of amides is 1. The number of ether oxygens (including phenoxy) is 5. The van der Waals surface area contributed by atoms with Crippen LogP contribution in [0.25, 0.3) is 0 Å². The second-order valence-electron chi connectivity index (χ2n) is 19.8. The van der Waals surface area contributed by atoms with Gasteiger partial charge < -0.3 is 44.3 Å². The molecule has 4 N–H and O–H groups in total. The first kappa shape index (κ1) is 48.0. The lowest BCUT2D eigenvalue weighted by Crippen LogP contribution is -2.78. The van der Waals surface area contributed by atoms with E-state index in [9.17, 15) is 39.3 Å². The number of aliphatic hydroxyl groups is 3. The van der Waals surface area contributed by atoms with E-state index in [0.717, 1.165) is 0 Å². The van der Waals surface area contributed by atoms with E-state index in [-0.39, 0.29) is 35.1 Å². The van der Waals surface area contributed by atoms with Crippen LogP contribution in [-0.4, -0.2) is 98.4 Å². The van der Waals surface area contributed by atoms with Crippen molar-refractivity contribution >= 4 is 35.8 Å². The molecule has 1 amide bonds. The Kier molecular flexibility index (Phi) is 12.9. The minimum atomic E-state index is -2.37. The summed E-state index contributed by atoms with van der Waals surface area (Å²) in [7, 11) is 0. The summed E-state index contributed by atoms with van der Waals surface area (Å²) in [5.74, 6) is -6.56. The summed E-state index contributed by atoms with van der Waals surface area (Å²) in [4.78, 5) is 84.7. The Labute approximate surface area is 383 Å². The van der Waals surface area contributed by atoms with Gasteiger partial charge in [0.15, 0.2) is 11.9 Å². The highest BCUT2D eigenvalue weighted by molar-refractivity contribution is 5.95. The summed E-state index contributed by atoms with van der Waals surface area (Å²) in [5, 5.41) is 40.7. The fourth-order valence-electron chi connectivity index (χ4n) is 11.0. The number of Topliss-reactive ketones (excluding diaryl/α,β-unsaturated/α-hetero) is 1. The Bertz CT molecular complexity index is 2400. The Morgan fingerprint density at radius 1 is 0.818 bits per heavy atom. The van der Waals surface area contributed by atoms with Crippen LogP contribution in [0.2, 0.25) is 0 Å². The summed E-state index contributed by atoms with van der Waals surface area (Å²) in [5.41, 5.74) is -7.87. The maximum absolute atomic E-state index is 15.7. The molecule has 3 aromatic carbocycles. The average molecular weight is 910 g/mol. The molecule has 3 saturated carbocycles. The van der Waals surface area contributed by atoms with E-state index < -0.39 is 118 Å². The third-order valence-electron chi connectivity index (χ3n) is 14.4. The number of ketones is 1. The predicted molar refractivity (Wildman–Crippen MR) is 236 cm³/mol. The van der Waals surface area contributed by atoms with Gasteiger partial charge in [0.25, 0.3) is 0 Å². The van der Waals surface area contributed by atoms with Crippen molar-refractivity contribution < 1.29 is 67.8 Å². The highest BCUT2D eigenvalue weighted by Crippen LogP contribution is 2.67. The van der Waals surface area contributed by atoms with Crippen molar-refractivity contribution in [2.24, 2.45) is 22.7 Å². The van der Waals surface area contributed by atoms with Gasteiger partial charge in [-0.2, -0.15) is 0 Å². The van der Waals surface area contributed by atoms with Crippen molar-refractivity contribution in [2.75, 3.05) is 0 Å². The number of carbonyl (C=O) groups excluding carboxylic acids is 6. The topological polar surface area (TPSA) is 221 Å². The number of nitrogens with one attached hydrogen (secondary N) is 1. The molecule has 0 spiro atoms. The molecule has 0 radical (unpaired) electrons. The van der Waals surface area contributed by atoms with E-state index in [2.05, 4.69) is 5.32 Å². The van der Waals surface area contributed by atoms with Crippen LogP contribution in [0.1, 0.15) is 113 Å². The molecule has 3 aromatic rings. The van der Waals surface area contributed by atoms with E-state index >= 15 is 4.79 Å². The van der Waals surface area contributed by atoms with Crippen LogP contribution in [0.3, 0.4) is 0 Å². The Morgan fingerprint density at radius 2 is 1.36 bits per heavy atom. The average Bonchev–Trinajstić information content (AvgIpc) is 3.26. The number of rotatable bonds is 10. The number of esters is 4. The number of carbonyl (C=O) groups is 6. The Balaban J connectivity index is 1.39. The minimum absolute atomic E-state index is 0.0224. The fourth-order valence-corrected chi connectivity index (χ4v) is 11.0. The summed E-state index contributed by atoms with van der Waals surface area (Å²) in [6, 6.07) is 22.9. The molecule has 4 aliphatic rings. The van der Waals surface area contributed by atoms with Gasteiger partial charge in [-0.05, 0) is 94.9 Å². The largest absolute Gasteiger partial charge is 0.458 e. The van der Waals surface area contributed by atoms with Crippen molar-refractivity contribution in [2.45, 2.75) is 134 Å². The van der Waals surface area contributed by atoms with E-state index in [1.807, 2.05) is 0 Å². The third-order valence-corrected chi connectivity index (χ3v) is 14.4. The Morgan fingerprint density at radius 3 is 1.88 bits per heavy atom. The molecule has 66 heavy (non-hydrogen) atoms. The highest BCUT2D eigenvalue weighted by atomic mass is 16.6. The molecule has 7 rings (SSSR count). The molecule has 3 fully saturated rings. The van der Waals surface area contributed by atoms with Crippen molar-refractivity contribution in [1.82, 2.24) is 5.32 Å². The van der Waals surface area contributed by atoms with Crippen molar-refractivity contribution in [3.05, 3.63) is 119 Å². The van der Waals surface area contributed by atoms with Gasteiger partial charge in [0.05, 0.1) is 28.5 Å². The van der Waals surface area contributed by atoms with Crippen molar-refractivity contribution in [1.29, 1.82) is 0 Å². The van der Waals surface area contributed by atoms with Crippen LogP contribution < -0.4 is 5.32 Å². The summed E-state index contributed by atoms with van der Waals surface area (Å²) >= 11 is 0. The molecular formula is C51H59NO14. The van der Waals surface area contributed by atoms with Crippen LogP contribution in [0.15, 0.2) is 102 Å². The first-order valence-electron chi connectivity index (χ1n) is 22.3. The van der Waals surface area contributed by atoms with Gasteiger partial charge in [0, 0.05) is 24.7 Å². The number of fused-ring (bicyclic) bond motifs is 5.